The molecule has 0 saturated carbocycles. The highest BCUT2D eigenvalue weighted by atomic mass is 19.4. The van der Waals surface area contributed by atoms with Crippen LogP contribution in [-0.4, -0.2) is 16.3 Å². The van der Waals surface area contributed by atoms with Crippen molar-refractivity contribution in [2.24, 2.45) is 7.05 Å². The molecule has 1 aliphatic heterocycles. The first-order chi connectivity index (χ1) is 9.45. The Hall–Kier alpha value is -1.98. The number of nitrogens with one attached hydrogen (secondary N) is 1. The van der Waals surface area contributed by atoms with Crippen LogP contribution >= 0.6 is 0 Å². The number of nitrogens with zero attached hydrogens (tertiary/aromatic N) is 2. The Morgan fingerprint density at radius 1 is 1.30 bits per heavy atom. The van der Waals surface area contributed by atoms with E-state index in [9.17, 15) is 13.2 Å². The molecule has 106 valence electrons. The van der Waals surface area contributed by atoms with Crippen molar-refractivity contribution in [1.29, 1.82) is 0 Å². The summed E-state index contributed by atoms with van der Waals surface area (Å²) in [5.74, 6) is 0. The third-order valence-electron chi connectivity index (χ3n) is 3.50. The first-order valence-electron chi connectivity index (χ1n) is 6.42. The quantitative estimate of drug-likeness (QED) is 0.867. The lowest BCUT2D eigenvalue weighted by Crippen LogP contribution is -2.15. The van der Waals surface area contributed by atoms with Crippen molar-refractivity contribution in [3.8, 4) is 11.1 Å². The molecule has 0 bridgehead atoms. The minimum atomic E-state index is -4.38. The van der Waals surface area contributed by atoms with Crippen LogP contribution in [0.4, 0.5) is 18.9 Å². The fourth-order valence-electron chi connectivity index (χ4n) is 2.55. The number of fused-ring (bicyclic) bond motifs is 1. The van der Waals surface area contributed by atoms with Gasteiger partial charge in [-0.15, -0.1) is 0 Å². The van der Waals surface area contributed by atoms with Crippen molar-refractivity contribution in [1.82, 2.24) is 9.78 Å². The fourth-order valence-corrected chi connectivity index (χ4v) is 2.55. The van der Waals surface area contributed by atoms with Gasteiger partial charge in [0.1, 0.15) is 0 Å². The molecule has 0 amide bonds. The maximum absolute atomic E-state index is 13.3. The lowest BCUT2D eigenvalue weighted by atomic mass is 9.94. The summed E-state index contributed by atoms with van der Waals surface area (Å²) in [4.78, 5) is 0. The Morgan fingerprint density at radius 2 is 2.10 bits per heavy atom. The van der Waals surface area contributed by atoms with Crippen molar-refractivity contribution in [3.05, 3.63) is 35.7 Å². The molecule has 1 aromatic heterocycles. The predicted octanol–water partition coefficient (Wildman–Crippen LogP) is 3.46. The number of rotatable bonds is 1. The zero-order valence-electron chi connectivity index (χ0n) is 11.0. The van der Waals surface area contributed by atoms with Gasteiger partial charge in [-0.3, -0.25) is 4.68 Å². The molecule has 2 aromatic rings. The molecule has 0 atom stereocenters. The minimum Gasteiger partial charge on any atom is -0.385 e. The Morgan fingerprint density at radius 3 is 2.75 bits per heavy atom. The summed E-state index contributed by atoms with van der Waals surface area (Å²) in [6, 6.07) is 2.86. The van der Waals surface area contributed by atoms with Gasteiger partial charge < -0.3 is 5.32 Å². The second-order valence-corrected chi connectivity index (χ2v) is 4.99. The van der Waals surface area contributed by atoms with Gasteiger partial charge in [0.15, 0.2) is 0 Å². The molecule has 20 heavy (non-hydrogen) atoms. The van der Waals surface area contributed by atoms with Gasteiger partial charge in [0, 0.05) is 31.0 Å². The molecular weight excluding hydrogens is 267 g/mol. The molecule has 1 aromatic carbocycles. The Bertz CT molecular complexity index is 644. The van der Waals surface area contributed by atoms with Gasteiger partial charge in [0.05, 0.1) is 11.8 Å². The summed E-state index contributed by atoms with van der Waals surface area (Å²) in [5.41, 5.74) is 1.61. The van der Waals surface area contributed by atoms with Gasteiger partial charge in [-0.2, -0.15) is 18.3 Å². The number of aromatic nitrogens is 2. The zero-order chi connectivity index (χ0) is 14.3. The van der Waals surface area contributed by atoms with E-state index in [0.29, 0.717) is 11.3 Å². The zero-order valence-corrected chi connectivity index (χ0v) is 11.0. The third kappa shape index (κ3) is 2.26. The normalized spacial score (nSPS) is 14.8. The van der Waals surface area contributed by atoms with E-state index in [0.717, 1.165) is 24.9 Å². The summed E-state index contributed by atoms with van der Waals surface area (Å²) in [6.07, 6.45) is 0.429. The number of anilines is 1. The number of hydrogen-bond donors (Lipinski definition) is 1. The van der Waals surface area contributed by atoms with Crippen molar-refractivity contribution >= 4 is 5.69 Å². The summed E-state index contributed by atoms with van der Waals surface area (Å²) >= 11 is 0. The van der Waals surface area contributed by atoms with Crippen LogP contribution in [0.1, 0.15) is 17.5 Å². The fraction of sp³-hybridized carbons (Fsp3) is 0.357. The van der Waals surface area contributed by atoms with Crippen molar-refractivity contribution in [2.45, 2.75) is 19.0 Å². The van der Waals surface area contributed by atoms with Crippen LogP contribution in [0.15, 0.2) is 24.5 Å². The lowest BCUT2D eigenvalue weighted by Gasteiger charge is -2.22. The second-order valence-electron chi connectivity index (χ2n) is 4.99. The molecule has 1 aliphatic rings. The van der Waals surface area contributed by atoms with E-state index in [-0.39, 0.29) is 5.56 Å². The van der Waals surface area contributed by atoms with Gasteiger partial charge in [0.2, 0.25) is 0 Å². The van der Waals surface area contributed by atoms with E-state index in [2.05, 4.69) is 10.4 Å². The summed E-state index contributed by atoms with van der Waals surface area (Å²) < 4.78 is 41.3. The van der Waals surface area contributed by atoms with Crippen molar-refractivity contribution in [3.63, 3.8) is 0 Å². The standard InChI is InChI=1S/C14H14F3N3/c1-20-8-10(7-19-20)11-5-9-3-2-4-18-13(9)6-12(11)14(15,16)17/h5-8,18H,2-4H2,1H3. The number of halogens is 3. The van der Waals surface area contributed by atoms with E-state index >= 15 is 0 Å². The number of benzene rings is 1. The van der Waals surface area contributed by atoms with Gasteiger partial charge >= 0.3 is 6.18 Å². The molecule has 0 radical (unpaired) electrons. The summed E-state index contributed by atoms with van der Waals surface area (Å²) in [6.45, 7) is 0.719. The SMILES string of the molecule is Cn1cc(-c2cc3c(cc2C(F)(F)F)NCCC3)cn1. The topological polar surface area (TPSA) is 29.9 Å². The molecule has 6 heteroatoms. The number of alkyl halides is 3. The van der Waals surface area contributed by atoms with E-state index in [1.54, 1.807) is 19.3 Å². The first-order valence-corrected chi connectivity index (χ1v) is 6.42. The largest absolute Gasteiger partial charge is 0.417 e. The lowest BCUT2D eigenvalue weighted by molar-refractivity contribution is -0.137. The number of hydrogen-bond acceptors (Lipinski definition) is 2. The maximum Gasteiger partial charge on any atom is 0.417 e. The summed E-state index contributed by atoms with van der Waals surface area (Å²) in [5, 5.41) is 7.00. The van der Waals surface area contributed by atoms with Gasteiger partial charge in [0.25, 0.3) is 0 Å². The molecule has 0 spiro atoms. The van der Waals surface area contributed by atoms with E-state index in [1.165, 1.54) is 16.9 Å². The molecular formula is C14H14F3N3. The van der Waals surface area contributed by atoms with Gasteiger partial charge in [-0.05, 0) is 36.1 Å². The summed E-state index contributed by atoms with van der Waals surface area (Å²) in [7, 11) is 1.69. The van der Waals surface area contributed by atoms with E-state index < -0.39 is 11.7 Å². The minimum absolute atomic E-state index is 0.202. The monoisotopic (exact) mass is 281 g/mol. The molecule has 3 rings (SSSR count). The van der Waals surface area contributed by atoms with Crippen molar-refractivity contribution in [2.75, 3.05) is 11.9 Å². The van der Waals surface area contributed by atoms with Crippen LogP contribution in [0.25, 0.3) is 11.1 Å². The molecule has 2 heterocycles. The number of aryl methyl sites for hydroxylation is 2. The van der Waals surface area contributed by atoms with Gasteiger partial charge in [-0.25, -0.2) is 0 Å². The highest BCUT2D eigenvalue weighted by Gasteiger charge is 2.35. The average molecular weight is 281 g/mol. The molecule has 0 unspecified atom stereocenters. The second kappa shape index (κ2) is 4.54. The van der Waals surface area contributed by atoms with Crippen LogP contribution in [0.3, 0.4) is 0 Å². The molecule has 0 aliphatic carbocycles. The Labute approximate surface area is 114 Å². The third-order valence-corrected chi connectivity index (χ3v) is 3.50. The molecule has 1 N–H and O–H groups in total. The van der Waals surface area contributed by atoms with Crippen LogP contribution in [0, 0.1) is 0 Å². The molecule has 3 nitrogen and oxygen atoms in total. The van der Waals surface area contributed by atoms with Crippen LogP contribution < -0.4 is 5.32 Å². The smallest absolute Gasteiger partial charge is 0.385 e. The van der Waals surface area contributed by atoms with Gasteiger partial charge in [-0.1, -0.05) is 0 Å². The predicted molar refractivity (Wildman–Crippen MR) is 70.5 cm³/mol. The first kappa shape index (κ1) is 13.0. The maximum atomic E-state index is 13.3. The molecule has 0 fully saturated rings. The Kier molecular flexibility index (Phi) is 2.96. The highest BCUT2D eigenvalue weighted by molar-refractivity contribution is 5.73. The van der Waals surface area contributed by atoms with Crippen molar-refractivity contribution < 1.29 is 13.2 Å². The molecule has 0 saturated heterocycles. The van der Waals surface area contributed by atoms with E-state index in [4.69, 9.17) is 0 Å². The average Bonchev–Trinajstić information content (AvgIpc) is 2.83. The van der Waals surface area contributed by atoms with Crippen LogP contribution in [0.5, 0.6) is 0 Å². The van der Waals surface area contributed by atoms with E-state index in [1.807, 2.05) is 0 Å². The highest BCUT2D eigenvalue weighted by Crippen LogP contribution is 2.40. The van der Waals surface area contributed by atoms with Crippen LogP contribution in [0.2, 0.25) is 0 Å². The Balaban J connectivity index is 2.20. The van der Waals surface area contributed by atoms with Crippen LogP contribution in [-0.2, 0) is 19.6 Å².